The fraction of sp³-hybridized carbons (Fsp3) is 0.200. The summed E-state index contributed by atoms with van der Waals surface area (Å²) in [5, 5.41) is 17.1. The first-order chi connectivity index (χ1) is 6.63. The van der Waals surface area contributed by atoms with E-state index in [9.17, 15) is 4.79 Å². The Morgan fingerprint density at radius 2 is 2.07 bits per heavy atom. The Balaban J connectivity index is 2.70. The second-order valence-electron chi connectivity index (χ2n) is 2.73. The summed E-state index contributed by atoms with van der Waals surface area (Å²) in [5.41, 5.74) is 0.514. The van der Waals surface area contributed by atoms with Crippen molar-refractivity contribution in [3.63, 3.8) is 0 Å². The lowest BCUT2D eigenvalue weighted by molar-refractivity contribution is -0.144. The molecule has 0 amide bonds. The Morgan fingerprint density at radius 1 is 1.50 bits per heavy atom. The van der Waals surface area contributed by atoms with Gasteiger partial charge in [0.25, 0.3) is 0 Å². The number of carbonyl (C=O) groups is 1. The van der Waals surface area contributed by atoms with E-state index in [1.807, 2.05) is 6.07 Å². The van der Waals surface area contributed by atoms with Crippen LogP contribution in [0.15, 0.2) is 24.3 Å². The zero-order valence-electron chi connectivity index (χ0n) is 7.60. The molecule has 14 heavy (non-hydrogen) atoms. The highest BCUT2D eigenvalue weighted by molar-refractivity contribution is 5.72. The van der Waals surface area contributed by atoms with Crippen LogP contribution in [0.1, 0.15) is 12.5 Å². The topological polar surface area (TPSA) is 70.3 Å². The van der Waals surface area contributed by atoms with Gasteiger partial charge in [0.15, 0.2) is 6.10 Å². The number of aliphatic carboxylic acids is 1. The number of nitrogens with zero attached hydrogens (tertiary/aromatic N) is 1. The second-order valence-corrected chi connectivity index (χ2v) is 2.73. The third-order valence-electron chi connectivity index (χ3n) is 1.64. The van der Waals surface area contributed by atoms with Gasteiger partial charge in [0.05, 0.1) is 11.6 Å². The van der Waals surface area contributed by atoms with Gasteiger partial charge in [-0.15, -0.1) is 0 Å². The highest BCUT2D eigenvalue weighted by Gasteiger charge is 2.11. The van der Waals surface area contributed by atoms with Crippen molar-refractivity contribution in [2.24, 2.45) is 0 Å². The smallest absolute Gasteiger partial charge is 0.344 e. The number of nitriles is 1. The fourth-order valence-corrected chi connectivity index (χ4v) is 0.863. The van der Waals surface area contributed by atoms with Crippen molar-refractivity contribution in [2.75, 3.05) is 0 Å². The number of hydrogen-bond donors (Lipinski definition) is 1. The third-order valence-corrected chi connectivity index (χ3v) is 1.64. The van der Waals surface area contributed by atoms with E-state index in [-0.39, 0.29) is 0 Å². The standard InChI is InChI=1S/C10H9NO3/c1-7(10(12)13)14-9-4-2-8(6-11)3-5-9/h2-5,7H,1H3,(H,12,13)/t7-/m0/s1. The molecule has 0 radical (unpaired) electrons. The SMILES string of the molecule is C[C@H](Oc1ccc(C#N)cc1)C(=O)O. The Morgan fingerprint density at radius 3 is 2.50 bits per heavy atom. The maximum atomic E-state index is 10.4. The molecule has 0 spiro atoms. The van der Waals surface area contributed by atoms with Gasteiger partial charge in [0, 0.05) is 0 Å². The van der Waals surface area contributed by atoms with E-state index >= 15 is 0 Å². The number of rotatable bonds is 3. The maximum absolute atomic E-state index is 10.4. The quantitative estimate of drug-likeness (QED) is 0.784. The number of carboxylic acid groups (broad SMARTS) is 1. The summed E-state index contributed by atoms with van der Waals surface area (Å²) in [6.45, 7) is 1.44. The molecule has 0 bridgehead atoms. The summed E-state index contributed by atoms with van der Waals surface area (Å²) >= 11 is 0. The molecule has 0 fully saturated rings. The molecule has 72 valence electrons. The largest absolute Gasteiger partial charge is 0.479 e. The zero-order valence-corrected chi connectivity index (χ0v) is 7.60. The first kappa shape index (κ1) is 10.1. The van der Waals surface area contributed by atoms with Crippen LogP contribution in [0.2, 0.25) is 0 Å². The van der Waals surface area contributed by atoms with Crippen molar-refractivity contribution in [2.45, 2.75) is 13.0 Å². The van der Waals surface area contributed by atoms with Gasteiger partial charge < -0.3 is 9.84 Å². The van der Waals surface area contributed by atoms with Crippen LogP contribution in [0.25, 0.3) is 0 Å². The van der Waals surface area contributed by atoms with Crippen LogP contribution in [-0.2, 0) is 4.79 Å². The Hall–Kier alpha value is -2.02. The number of hydrogen-bond acceptors (Lipinski definition) is 3. The van der Waals surface area contributed by atoms with Crippen molar-refractivity contribution in [1.82, 2.24) is 0 Å². The molecule has 0 unspecified atom stereocenters. The molecule has 0 aliphatic rings. The molecule has 0 saturated carbocycles. The van der Waals surface area contributed by atoms with E-state index in [0.29, 0.717) is 11.3 Å². The number of ether oxygens (including phenoxy) is 1. The molecule has 0 aliphatic carbocycles. The van der Waals surface area contributed by atoms with Gasteiger partial charge in [-0.3, -0.25) is 0 Å². The van der Waals surface area contributed by atoms with E-state index in [1.54, 1.807) is 24.3 Å². The second kappa shape index (κ2) is 4.28. The van der Waals surface area contributed by atoms with Crippen molar-refractivity contribution in [3.05, 3.63) is 29.8 Å². The van der Waals surface area contributed by atoms with E-state index in [1.165, 1.54) is 6.92 Å². The average molecular weight is 191 g/mol. The first-order valence-corrected chi connectivity index (χ1v) is 4.03. The van der Waals surface area contributed by atoms with E-state index < -0.39 is 12.1 Å². The summed E-state index contributed by atoms with van der Waals surface area (Å²) < 4.78 is 5.07. The third kappa shape index (κ3) is 2.49. The van der Waals surface area contributed by atoms with Gasteiger partial charge in [-0.05, 0) is 31.2 Å². The molecule has 1 N–H and O–H groups in total. The molecule has 1 aromatic carbocycles. The zero-order chi connectivity index (χ0) is 10.6. The average Bonchev–Trinajstić information content (AvgIpc) is 2.19. The van der Waals surface area contributed by atoms with Gasteiger partial charge >= 0.3 is 5.97 Å². The minimum Gasteiger partial charge on any atom is -0.479 e. The fourth-order valence-electron chi connectivity index (χ4n) is 0.863. The number of benzene rings is 1. The Bertz CT molecular complexity index is 364. The van der Waals surface area contributed by atoms with E-state index in [4.69, 9.17) is 15.1 Å². The van der Waals surface area contributed by atoms with Crippen molar-refractivity contribution >= 4 is 5.97 Å². The predicted octanol–water partition coefficient (Wildman–Crippen LogP) is 1.41. The minimum absolute atomic E-state index is 0.443. The highest BCUT2D eigenvalue weighted by atomic mass is 16.5. The molecule has 0 heterocycles. The molecular weight excluding hydrogens is 182 g/mol. The highest BCUT2D eigenvalue weighted by Crippen LogP contribution is 2.13. The normalized spacial score (nSPS) is 11.4. The molecule has 4 heteroatoms. The van der Waals surface area contributed by atoms with Crippen molar-refractivity contribution in [1.29, 1.82) is 5.26 Å². The van der Waals surface area contributed by atoms with Crippen LogP contribution in [-0.4, -0.2) is 17.2 Å². The number of carboxylic acids is 1. The summed E-state index contributed by atoms with van der Waals surface area (Å²) in [4.78, 5) is 10.4. The van der Waals surface area contributed by atoms with Crippen LogP contribution >= 0.6 is 0 Å². The van der Waals surface area contributed by atoms with Crippen LogP contribution in [0.4, 0.5) is 0 Å². The first-order valence-electron chi connectivity index (χ1n) is 4.03. The Kier molecular flexibility index (Phi) is 3.08. The summed E-state index contributed by atoms with van der Waals surface area (Å²) in [7, 11) is 0. The summed E-state index contributed by atoms with van der Waals surface area (Å²) in [5.74, 6) is -0.576. The lowest BCUT2D eigenvalue weighted by Gasteiger charge is -2.09. The Labute approximate surface area is 81.4 Å². The monoisotopic (exact) mass is 191 g/mol. The molecule has 1 rings (SSSR count). The molecular formula is C10H9NO3. The maximum Gasteiger partial charge on any atom is 0.344 e. The lowest BCUT2D eigenvalue weighted by Crippen LogP contribution is -2.22. The lowest BCUT2D eigenvalue weighted by atomic mass is 10.2. The van der Waals surface area contributed by atoms with Crippen molar-refractivity contribution in [3.8, 4) is 11.8 Å². The molecule has 1 atom stereocenters. The van der Waals surface area contributed by atoms with Crippen LogP contribution < -0.4 is 4.74 Å². The van der Waals surface area contributed by atoms with E-state index in [2.05, 4.69) is 0 Å². The van der Waals surface area contributed by atoms with Crippen LogP contribution in [0.3, 0.4) is 0 Å². The van der Waals surface area contributed by atoms with Gasteiger partial charge in [-0.1, -0.05) is 0 Å². The van der Waals surface area contributed by atoms with Crippen LogP contribution in [0, 0.1) is 11.3 Å². The van der Waals surface area contributed by atoms with Gasteiger partial charge in [-0.25, -0.2) is 4.79 Å². The predicted molar refractivity (Wildman–Crippen MR) is 48.9 cm³/mol. The van der Waals surface area contributed by atoms with Gasteiger partial charge in [-0.2, -0.15) is 5.26 Å². The molecule has 4 nitrogen and oxygen atoms in total. The molecule has 0 aliphatic heterocycles. The summed E-state index contributed by atoms with van der Waals surface area (Å²) in [6, 6.07) is 8.24. The molecule has 1 aromatic rings. The molecule has 0 aromatic heterocycles. The van der Waals surface area contributed by atoms with Crippen LogP contribution in [0.5, 0.6) is 5.75 Å². The van der Waals surface area contributed by atoms with Gasteiger partial charge in [0.2, 0.25) is 0 Å². The van der Waals surface area contributed by atoms with E-state index in [0.717, 1.165) is 0 Å². The minimum atomic E-state index is -1.02. The molecule has 0 saturated heterocycles. The summed E-state index contributed by atoms with van der Waals surface area (Å²) in [6.07, 6.45) is -0.886. The van der Waals surface area contributed by atoms with Gasteiger partial charge in [0.1, 0.15) is 5.75 Å². The van der Waals surface area contributed by atoms with Crippen molar-refractivity contribution < 1.29 is 14.6 Å².